The predicted molar refractivity (Wildman–Crippen MR) is 126 cm³/mol. The number of halogens is 5. The maximum absolute atomic E-state index is 15.4. The molecule has 3 fully saturated rings. The number of hydrogen-bond acceptors (Lipinski definition) is 6. The summed E-state index contributed by atoms with van der Waals surface area (Å²) in [5.41, 5.74) is -1.75. The van der Waals surface area contributed by atoms with Crippen LogP contribution in [-0.2, 0) is 0 Å². The first-order valence-corrected chi connectivity index (χ1v) is 12.8. The summed E-state index contributed by atoms with van der Waals surface area (Å²) in [6.07, 6.45) is 2.66. The normalized spacial score (nSPS) is 30.1. The second-order valence-electron chi connectivity index (χ2n) is 9.99. The van der Waals surface area contributed by atoms with Gasteiger partial charge in [-0.05, 0) is 48.2 Å². The van der Waals surface area contributed by atoms with E-state index in [2.05, 4.69) is 30.8 Å². The number of ether oxygens (including phenoxy) is 2. The quantitative estimate of drug-likeness (QED) is 0.477. The third-order valence-electron chi connectivity index (χ3n) is 7.88. The van der Waals surface area contributed by atoms with E-state index >= 15 is 8.78 Å². The van der Waals surface area contributed by atoms with E-state index in [1.807, 2.05) is 0 Å². The first-order chi connectivity index (χ1) is 16.2. The van der Waals surface area contributed by atoms with E-state index < -0.39 is 29.2 Å². The van der Waals surface area contributed by atoms with Crippen molar-refractivity contribution in [2.45, 2.75) is 61.9 Å². The summed E-state index contributed by atoms with van der Waals surface area (Å²) < 4.78 is 56.8. The van der Waals surface area contributed by atoms with Gasteiger partial charge in [0.2, 0.25) is 0 Å². The fourth-order valence-corrected chi connectivity index (χ4v) is 6.58. The number of rotatable bonds is 4. The van der Waals surface area contributed by atoms with Crippen LogP contribution in [0.3, 0.4) is 0 Å². The summed E-state index contributed by atoms with van der Waals surface area (Å²) in [5.74, 6) is -0.0947. The molecule has 0 bridgehead atoms. The molecule has 1 aromatic carbocycles. The number of anilines is 1. The highest BCUT2D eigenvalue weighted by molar-refractivity contribution is 9.10. The van der Waals surface area contributed by atoms with Gasteiger partial charge in [-0.1, -0.05) is 11.6 Å². The van der Waals surface area contributed by atoms with Crippen LogP contribution in [0, 0.1) is 5.82 Å². The van der Waals surface area contributed by atoms with E-state index in [-0.39, 0.29) is 40.0 Å². The molecule has 0 spiro atoms. The Balaban J connectivity index is 1.45. The summed E-state index contributed by atoms with van der Waals surface area (Å²) in [6, 6.07) is -0.511. The zero-order valence-corrected chi connectivity index (χ0v) is 21.1. The van der Waals surface area contributed by atoms with E-state index in [1.165, 1.54) is 0 Å². The van der Waals surface area contributed by atoms with Crippen LogP contribution < -0.4 is 14.4 Å². The van der Waals surface area contributed by atoms with Crippen molar-refractivity contribution >= 4 is 44.3 Å². The monoisotopic (exact) mass is 560 g/mol. The molecule has 0 unspecified atom stereocenters. The van der Waals surface area contributed by atoms with Crippen molar-refractivity contribution in [3.63, 3.8) is 0 Å². The molecule has 11 heteroatoms. The van der Waals surface area contributed by atoms with Crippen LogP contribution in [-0.4, -0.2) is 71.6 Å². The van der Waals surface area contributed by atoms with E-state index in [4.69, 9.17) is 21.1 Å². The Labute approximate surface area is 208 Å². The van der Waals surface area contributed by atoms with Crippen LogP contribution in [0.1, 0.15) is 38.5 Å². The molecule has 2 aromatic rings. The molecule has 0 N–H and O–H groups in total. The summed E-state index contributed by atoms with van der Waals surface area (Å²) in [5, 5.41) is 0.372. The lowest BCUT2D eigenvalue weighted by Gasteiger charge is -2.35. The zero-order valence-electron chi connectivity index (χ0n) is 18.7. The molecule has 2 saturated heterocycles. The van der Waals surface area contributed by atoms with Crippen molar-refractivity contribution in [3.05, 3.63) is 15.3 Å². The number of fused-ring (bicyclic) bond motifs is 1. The molecule has 0 amide bonds. The first kappa shape index (κ1) is 22.9. The van der Waals surface area contributed by atoms with Gasteiger partial charge < -0.3 is 14.4 Å². The Hall–Kier alpha value is -1.52. The second-order valence-corrected chi connectivity index (χ2v) is 11.2. The molecule has 184 valence electrons. The van der Waals surface area contributed by atoms with Crippen molar-refractivity contribution in [1.82, 2.24) is 14.9 Å². The SMILES string of the molecule is CN1c2nc(OC[C@@]34CCCN3C[C@H](F)C4)nc3c(F)c(Br)c(Cl)c(c23)OCC[C@H]1C1(F)CC1. The van der Waals surface area contributed by atoms with Crippen LogP contribution in [0.25, 0.3) is 10.9 Å². The van der Waals surface area contributed by atoms with E-state index in [9.17, 15) is 4.39 Å². The second kappa shape index (κ2) is 8.00. The van der Waals surface area contributed by atoms with E-state index in [0.29, 0.717) is 43.4 Å². The number of hydrogen-bond donors (Lipinski definition) is 0. The average Bonchev–Trinajstić information content (AvgIpc) is 3.30. The standard InChI is InChI=1S/C23H25BrClF3N4O2/c1-31-13(23(28)5-6-23)3-8-33-19-14-18(17(27)15(24)16(19)25)29-21(30-20(14)31)34-11-22-4-2-7-32(22)10-12(26)9-22/h12-13H,2-11H2,1H3/t12-,13+,22+/m1/s1. The molecular formula is C23H25BrClF3N4O2. The van der Waals surface area contributed by atoms with Gasteiger partial charge in [-0.2, -0.15) is 9.97 Å². The molecular weight excluding hydrogens is 537 g/mol. The zero-order chi connectivity index (χ0) is 23.8. The van der Waals surface area contributed by atoms with Crippen LogP contribution in [0.15, 0.2) is 4.47 Å². The highest BCUT2D eigenvalue weighted by atomic mass is 79.9. The molecule has 3 atom stereocenters. The number of benzene rings is 1. The Kier molecular flexibility index (Phi) is 5.39. The molecule has 0 radical (unpaired) electrons. The van der Waals surface area contributed by atoms with Crippen LogP contribution in [0.2, 0.25) is 5.02 Å². The van der Waals surface area contributed by atoms with Gasteiger partial charge in [0.25, 0.3) is 0 Å². The molecule has 34 heavy (non-hydrogen) atoms. The summed E-state index contributed by atoms with van der Waals surface area (Å²) in [4.78, 5) is 12.8. The predicted octanol–water partition coefficient (Wildman–Crippen LogP) is 5.23. The summed E-state index contributed by atoms with van der Waals surface area (Å²) in [6.45, 7) is 1.67. The largest absolute Gasteiger partial charge is 0.491 e. The van der Waals surface area contributed by atoms with Gasteiger partial charge in [-0.15, -0.1) is 0 Å². The third-order valence-corrected chi connectivity index (χ3v) is 9.22. The topological polar surface area (TPSA) is 50.7 Å². The van der Waals surface area contributed by atoms with Crippen molar-refractivity contribution < 1.29 is 22.6 Å². The highest BCUT2D eigenvalue weighted by Crippen LogP contribution is 2.51. The van der Waals surface area contributed by atoms with Gasteiger partial charge in [-0.25, -0.2) is 13.2 Å². The third kappa shape index (κ3) is 3.46. The molecule has 6 nitrogen and oxygen atoms in total. The smallest absolute Gasteiger partial charge is 0.319 e. The molecule has 1 aromatic heterocycles. The minimum Gasteiger partial charge on any atom is -0.491 e. The lowest BCUT2D eigenvalue weighted by molar-refractivity contribution is 0.107. The number of nitrogens with zero attached hydrogens (tertiary/aromatic N) is 4. The molecule has 6 rings (SSSR count). The molecule has 4 aliphatic rings. The molecule has 1 aliphatic carbocycles. The van der Waals surface area contributed by atoms with E-state index in [0.717, 1.165) is 19.4 Å². The van der Waals surface area contributed by atoms with Crippen molar-refractivity contribution in [3.8, 4) is 11.8 Å². The Morgan fingerprint density at radius 1 is 1.29 bits per heavy atom. The number of aromatic nitrogens is 2. The van der Waals surface area contributed by atoms with Crippen LogP contribution in [0.5, 0.6) is 11.8 Å². The van der Waals surface area contributed by atoms with Crippen molar-refractivity contribution in [1.29, 1.82) is 0 Å². The average molecular weight is 562 g/mol. The van der Waals surface area contributed by atoms with Crippen LogP contribution in [0.4, 0.5) is 19.0 Å². The van der Waals surface area contributed by atoms with Gasteiger partial charge in [0, 0.05) is 26.4 Å². The van der Waals surface area contributed by atoms with Gasteiger partial charge in [0.05, 0.1) is 28.0 Å². The van der Waals surface area contributed by atoms with Gasteiger partial charge in [0.1, 0.15) is 34.8 Å². The minimum atomic E-state index is -1.34. The Morgan fingerprint density at radius 3 is 2.85 bits per heavy atom. The lowest BCUT2D eigenvalue weighted by Crippen LogP contribution is -2.44. The van der Waals surface area contributed by atoms with Crippen molar-refractivity contribution in [2.75, 3.05) is 38.3 Å². The molecule has 4 heterocycles. The fraction of sp³-hybridized carbons (Fsp3) is 0.652. The Morgan fingerprint density at radius 2 is 2.09 bits per heavy atom. The summed E-state index contributed by atoms with van der Waals surface area (Å²) >= 11 is 9.63. The maximum Gasteiger partial charge on any atom is 0.319 e. The lowest BCUT2D eigenvalue weighted by atomic mass is 9.95. The van der Waals surface area contributed by atoms with Gasteiger partial charge in [0.15, 0.2) is 11.6 Å². The molecule has 1 saturated carbocycles. The van der Waals surface area contributed by atoms with Crippen molar-refractivity contribution in [2.24, 2.45) is 0 Å². The highest BCUT2D eigenvalue weighted by Gasteiger charge is 2.53. The van der Waals surface area contributed by atoms with Gasteiger partial charge >= 0.3 is 6.01 Å². The fourth-order valence-electron chi connectivity index (χ4n) is 5.98. The van der Waals surface area contributed by atoms with E-state index in [1.54, 1.807) is 11.9 Å². The summed E-state index contributed by atoms with van der Waals surface area (Å²) in [7, 11) is 1.75. The first-order valence-electron chi connectivity index (χ1n) is 11.7. The maximum atomic E-state index is 15.4. The van der Waals surface area contributed by atoms with Crippen LogP contribution >= 0.6 is 27.5 Å². The minimum absolute atomic E-state index is 0.0157. The molecule has 3 aliphatic heterocycles. The number of alkyl halides is 2. The van der Waals surface area contributed by atoms with Gasteiger partial charge in [-0.3, -0.25) is 4.90 Å². The Bertz CT molecular complexity index is 1170.